The van der Waals surface area contributed by atoms with E-state index in [1.165, 1.54) is 0 Å². The van der Waals surface area contributed by atoms with Gasteiger partial charge in [-0.15, -0.1) is 0 Å². The molecule has 0 aromatic heterocycles. The summed E-state index contributed by atoms with van der Waals surface area (Å²) >= 11 is 0. The molecule has 1 aromatic carbocycles. The SMILES string of the molecule is CS1(C)(Cl)(CC(=O)c2ccccc2)C=CN=C1. The number of hydrogen-bond donors (Lipinski definition) is 0. The molecule has 2 rings (SSSR count). The van der Waals surface area contributed by atoms with Crippen LogP contribution in [0.2, 0.25) is 0 Å². The summed E-state index contributed by atoms with van der Waals surface area (Å²) in [5.41, 5.74) is 2.45. The lowest BCUT2D eigenvalue weighted by atomic mass is 10.2. The molecule has 0 atom stereocenters. The Bertz CT molecular complexity index is 519. The first-order chi connectivity index (χ1) is 7.73. The molecule has 4 heteroatoms. The number of benzene rings is 1. The summed E-state index contributed by atoms with van der Waals surface area (Å²) in [5.74, 6) is 0.358. The monoisotopic (exact) mass is 269 g/mol. The highest BCUT2D eigenvalue weighted by Gasteiger charge is 2.50. The Hall–Kier alpha value is -1.06. The minimum atomic E-state index is -3.09. The molecule has 1 aliphatic heterocycles. The van der Waals surface area contributed by atoms with Crippen LogP contribution in [0.25, 0.3) is 0 Å². The van der Waals surface area contributed by atoms with Gasteiger partial charge in [0.15, 0.2) is 5.78 Å². The molecule has 0 saturated heterocycles. The minimum Gasteiger partial charge on any atom is -0.293 e. The molecule has 1 aromatic rings. The van der Waals surface area contributed by atoms with Crippen molar-refractivity contribution in [3.63, 3.8) is 0 Å². The average molecular weight is 270 g/mol. The van der Waals surface area contributed by atoms with E-state index < -0.39 is 7.51 Å². The molecule has 0 spiro atoms. The van der Waals surface area contributed by atoms with E-state index in [2.05, 4.69) is 4.99 Å². The number of carbonyl (C=O) groups is 1. The molecule has 0 unspecified atom stereocenters. The van der Waals surface area contributed by atoms with Gasteiger partial charge in [-0.05, 0) is 17.9 Å². The van der Waals surface area contributed by atoms with Gasteiger partial charge in [0.25, 0.3) is 0 Å². The lowest BCUT2D eigenvalue weighted by molar-refractivity contribution is 0.102. The van der Waals surface area contributed by atoms with E-state index >= 15 is 0 Å². The number of rotatable bonds is 3. The molecule has 0 amide bonds. The first-order valence-electron chi connectivity index (χ1n) is 5.30. The van der Waals surface area contributed by atoms with Crippen LogP contribution in [0.4, 0.5) is 0 Å². The summed E-state index contributed by atoms with van der Waals surface area (Å²) < 4.78 is 0. The van der Waals surface area contributed by atoms with E-state index in [0.717, 1.165) is 0 Å². The van der Waals surface area contributed by atoms with Gasteiger partial charge in [0.05, 0.1) is 0 Å². The molecule has 1 heterocycles. The molecule has 0 fully saturated rings. The summed E-state index contributed by atoms with van der Waals surface area (Å²) in [6.07, 6.45) is 5.57. The summed E-state index contributed by atoms with van der Waals surface area (Å²) in [5, 5.41) is 1.89. The van der Waals surface area contributed by atoms with Gasteiger partial charge in [0.1, 0.15) is 0 Å². The van der Waals surface area contributed by atoms with Crippen LogP contribution >= 0.6 is 18.2 Å². The molecule has 1 aliphatic rings. The van der Waals surface area contributed by atoms with Gasteiger partial charge in [-0.25, -0.2) is 0 Å². The predicted molar refractivity (Wildman–Crippen MR) is 78.6 cm³/mol. The molecule has 92 valence electrons. The van der Waals surface area contributed by atoms with Crippen molar-refractivity contribution >= 4 is 29.5 Å². The van der Waals surface area contributed by atoms with Crippen LogP contribution in [0.5, 0.6) is 0 Å². The van der Waals surface area contributed by atoms with E-state index in [9.17, 15) is 4.79 Å². The van der Waals surface area contributed by atoms with Gasteiger partial charge in [-0.3, -0.25) is 9.79 Å². The number of Topliss-reactive ketones (excluding diaryl/α,β-unsaturated/α-hetero) is 1. The Morgan fingerprint density at radius 2 is 1.94 bits per heavy atom. The van der Waals surface area contributed by atoms with Crippen molar-refractivity contribution in [1.82, 2.24) is 0 Å². The van der Waals surface area contributed by atoms with Crippen LogP contribution in [0.3, 0.4) is 0 Å². The van der Waals surface area contributed by atoms with Gasteiger partial charge in [0, 0.05) is 23.1 Å². The van der Waals surface area contributed by atoms with Crippen molar-refractivity contribution in [2.45, 2.75) is 0 Å². The summed E-state index contributed by atoms with van der Waals surface area (Å²) in [7, 11) is 3.69. The summed E-state index contributed by atoms with van der Waals surface area (Å²) in [4.78, 5) is 16.4. The van der Waals surface area contributed by atoms with Gasteiger partial charge >= 0.3 is 0 Å². The third kappa shape index (κ3) is 2.61. The number of aliphatic imine (C=N–C) groups is 1. The van der Waals surface area contributed by atoms with Crippen molar-refractivity contribution in [2.24, 2.45) is 4.99 Å². The molecule has 0 N–H and O–H groups in total. The maximum Gasteiger partial charge on any atom is 0.171 e. The standard InChI is InChI=1S/C13H16ClNOS/c1-17(2,14,9-8-15-11-17)10-13(16)12-6-4-3-5-7-12/h3-9,11H,10H2,1-2H3. The Kier molecular flexibility index (Phi) is 2.36. The summed E-state index contributed by atoms with van der Waals surface area (Å²) in [6.45, 7) is 0. The van der Waals surface area contributed by atoms with Crippen molar-refractivity contribution in [3.05, 3.63) is 47.5 Å². The van der Waals surface area contributed by atoms with Crippen molar-refractivity contribution in [1.29, 1.82) is 0 Å². The van der Waals surface area contributed by atoms with Crippen LogP contribution in [-0.4, -0.2) is 29.6 Å². The number of carbonyl (C=O) groups excluding carboxylic acids is 1. The van der Waals surface area contributed by atoms with Gasteiger partial charge in [-0.1, -0.05) is 41.0 Å². The van der Waals surface area contributed by atoms with Crippen LogP contribution in [0.1, 0.15) is 10.4 Å². The zero-order valence-electron chi connectivity index (χ0n) is 9.97. The lowest BCUT2D eigenvalue weighted by Crippen LogP contribution is -2.32. The molecular formula is C13H16ClNOS. The quantitative estimate of drug-likeness (QED) is 0.770. The van der Waals surface area contributed by atoms with E-state index in [1.807, 2.05) is 48.3 Å². The maximum atomic E-state index is 12.3. The zero-order chi connectivity index (χ0) is 12.6. The number of hydrogen-bond acceptors (Lipinski definition) is 2. The fourth-order valence-corrected chi connectivity index (χ4v) is 4.75. The van der Waals surface area contributed by atoms with E-state index in [1.54, 1.807) is 11.7 Å². The van der Waals surface area contributed by atoms with Crippen LogP contribution in [0, 0.1) is 0 Å². The Labute approximate surface area is 105 Å². The second kappa shape index (κ2) is 3.24. The second-order valence-electron chi connectivity index (χ2n) is 5.47. The highest BCUT2D eigenvalue weighted by Crippen LogP contribution is 2.89. The van der Waals surface area contributed by atoms with Crippen molar-refractivity contribution < 1.29 is 4.79 Å². The lowest BCUT2D eigenvalue weighted by Gasteiger charge is -2.60. The highest BCUT2D eigenvalue weighted by atomic mass is 35.7. The minimum absolute atomic E-state index is 0.0604. The molecule has 0 aliphatic carbocycles. The third-order valence-corrected chi connectivity index (χ3v) is 7.00. The first-order valence-corrected chi connectivity index (χ1v) is 9.69. The number of ketones is 1. The third-order valence-electron chi connectivity index (χ3n) is 2.83. The van der Waals surface area contributed by atoms with E-state index in [4.69, 9.17) is 10.7 Å². The van der Waals surface area contributed by atoms with Gasteiger partial charge in [-0.2, -0.15) is 7.51 Å². The van der Waals surface area contributed by atoms with Gasteiger partial charge in [0.2, 0.25) is 0 Å². The van der Waals surface area contributed by atoms with Crippen LogP contribution in [-0.2, 0) is 0 Å². The smallest absolute Gasteiger partial charge is 0.171 e. The molecule has 0 radical (unpaired) electrons. The Morgan fingerprint density at radius 3 is 2.47 bits per heavy atom. The molecule has 17 heavy (non-hydrogen) atoms. The largest absolute Gasteiger partial charge is 0.293 e. The average Bonchev–Trinajstić information content (AvgIpc) is 2.57. The van der Waals surface area contributed by atoms with Crippen LogP contribution < -0.4 is 0 Å². The van der Waals surface area contributed by atoms with Crippen molar-refractivity contribution in [3.8, 4) is 0 Å². The molecule has 2 nitrogen and oxygen atoms in total. The molecular weight excluding hydrogens is 254 g/mol. The number of halogens is 1. The second-order valence-corrected chi connectivity index (χ2v) is 15.8. The maximum absolute atomic E-state index is 12.3. The molecule has 0 saturated carbocycles. The Morgan fingerprint density at radius 1 is 1.29 bits per heavy atom. The Balaban J connectivity index is 2.33. The van der Waals surface area contributed by atoms with E-state index in [0.29, 0.717) is 11.3 Å². The fraction of sp³-hybridized carbons (Fsp3) is 0.231. The molecule has 0 bridgehead atoms. The first kappa shape index (κ1) is 12.4. The van der Waals surface area contributed by atoms with Crippen LogP contribution in [0.15, 0.2) is 46.9 Å². The van der Waals surface area contributed by atoms with Crippen molar-refractivity contribution in [2.75, 3.05) is 18.3 Å². The predicted octanol–water partition coefficient (Wildman–Crippen LogP) is 3.67. The highest BCUT2D eigenvalue weighted by molar-refractivity contribution is 8.88. The zero-order valence-corrected chi connectivity index (χ0v) is 11.5. The topological polar surface area (TPSA) is 29.4 Å². The summed E-state index contributed by atoms with van der Waals surface area (Å²) in [6, 6.07) is 9.24. The van der Waals surface area contributed by atoms with E-state index in [-0.39, 0.29) is 5.78 Å². The van der Waals surface area contributed by atoms with Gasteiger partial charge < -0.3 is 0 Å². The normalized spacial score (nSPS) is 26.5. The fourth-order valence-electron chi connectivity index (χ4n) is 1.81. The number of nitrogens with zero attached hydrogens (tertiary/aromatic N) is 1.